The van der Waals surface area contributed by atoms with Gasteiger partial charge in [-0.25, -0.2) is 8.78 Å². The van der Waals surface area contributed by atoms with E-state index in [0.29, 0.717) is 24.7 Å². The van der Waals surface area contributed by atoms with Crippen LogP contribution >= 0.6 is 12.4 Å². The smallest absolute Gasteiger partial charge is 0.256 e. The first-order valence-corrected chi connectivity index (χ1v) is 7.76. The summed E-state index contributed by atoms with van der Waals surface area (Å²) in [6.07, 6.45) is 0.910. The first-order valence-electron chi connectivity index (χ1n) is 7.76. The van der Waals surface area contributed by atoms with Crippen LogP contribution in [-0.2, 0) is 0 Å². The SMILES string of the molecule is Cc1cc(C(=O)N2CCC(N3CCNCC3)C2)c(F)cc1F.Cl. The molecule has 1 aromatic carbocycles. The van der Waals surface area contributed by atoms with Crippen molar-refractivity contribution in [1.82, 2.24) is 15.1 Å². The number of halogens is 3. The van der Waals surface area contributed by atoms with Crippen LogP contribution in [-0.4, -0.2) is 61.0 Å². The molecule has 0 radical (unpaired) electrons. The number of carbonyl (C=O) groups is 1. The largest absolute Gasteiger partial charge is 0.337 e. The second-order valence-corrected chi connectivity index (χ2v) is 6.06. The second kappa shape index (κ2) is 7.55. The Morgan fingerprint density at radius 1 is 1.17 bits per heavy atom. The van der Waals surface area contributed by atoms with Crippen LogP contribution in [0.1, 0.15) is 22.3 Å². The molecule has 23 heavy (non-hydrogen) atoms. The summed E-state index contributed by atoms with van der Waals surface area (Å²) in [5.74, 6) is -1.73. The third kappa shape index (κ3) is 3.82. The minimum absolute atomic E-state index is 0. The summed E-state index contributed by atoms with van der Waals surface area (Å²) in [5, 5.41) is 3.31. The fraction of sp³-hybridized carbons (Fsp3) is 0.562. The van der Waals surface area contributed by atoms with Crippen LogP contribution in [0.25, 0.3) is 0 Å². The fourth-order valence-electron chi connectivity index (χ4n) is 3.26. The number of nitrogens with one attached hydrogen (secondary N) is 1. The van der Waals surface area contributed by atoms with Crippen molar-refractivity contribution in [2.24, 2.45) is 0 Å². The quantitative estimate of drug-likeness (QED) is 0.888. The highest BCUT2D eigenvalue weighted by Crippen LogP contribution is 2.21. The van der Waals surface area contributed by atoms with Gasteiger partial charge in [-0.15, -0.1) is 12.4 Å². The maximum Gasteiger partial charge on any atom is 0.256 e. The number of hydrogen-bond acceptors (Lipinski definition) is 3. The molecule has 0 bridgehead atoms. The Balaban J connectivity index is 0.00000192. The molecule has 1 amide bonds. The van der Waals surface area contributed by atoms with Crippen LogP contribution in [0.3, 0.4) is 0 Å². The molecule has 2 fully saturated rings. The Kier molecular flexibility index (Phi) is 5.95. The molecule has 128 valence electrons. The molecule has 0 saturated carbocycles. The lowest BCUT2D eigenvalue weighted by Gasteiger charge is -2.32. The van der Waals surface area contributed by atoms with Crippen LogP contribution in [0.15, 0.2) is 12.1 Å². The van der Waals surface area contributed by atoms with E-state index < -0.39 is 11.6 Å². The van der Waals surface area contributed by atoms with Gasteiger partial charge in [0.1, 0.15) is 11.6 Å². The molecule has 7 heteroatoms. The van der Waals surface area contributed by atoms with Crippen LogP contribution in [0, 0.1) is 18.6 Å². The lowest BCUT2D eigenvalue weighted by atomic mass is 10.1. The number of aryl methyl sites for hydroxylation is 1. The van der Waals surface area contributed by atoms with E-state index in [9.17, 15) is 13.6 Å². The Hall–Kier alpha value is -1.24. The van der Waals surface area contributed by atoms with Gasteiger partial charge in [-0.3, -0.25) is 9.69 Å². The summed E-state index contributed by atoms with van der Waals surface area (Å²) < 4.78 is 27.2. The number of likely N-dealkylation sites (tertiary alicyclic amines) is 1. The summed E-state index contributed by atoms with van der Waals surface area (Å²) in [7, 11) is 0. The first kappa shape index (κ1) is 18.1. The lowest BCUT2D eigenvalue weighted by molar-refractivity contribution is 0.0768. The Morgan fingerprint density at radius 2 is 1.87 bits per heavy atom. The highest BCUT2D eigenvalue weighted by Gasteiger charge is 2.32. The molecule has 2 aliphatic heterocycles. The van der Waals surface area contributed by atoms with Gasteiger partial charge in [0.15, 0.2) is 0 Å². The van der Waals surface area contributed by atoms with E-state index in [0.717, 1.165) is 38.7 Å². The van der Waals surface area contributed by atoms with Crippen molar-refractivity contribution in [3.05, 3.63) is 34.9 Å². The highest BCUT2D eigenvalue weighted by atomic mass is 35.5. The van der Waals surface area contributed by atoms with Gasteiger partial charge in [-0.2, -0.15) is 0 Å². The van der Waals surface area contributed by atoms with Crippen molar-refractivity contribution in [2.45, 2.75) is 19.4 Å². The van der Waals surface area contributed by atoms with Gasteiger partial charge in [0.2, 0.25) is 0 Å². The molecule has 4 nitrogen and oxygen atoms in total. The van der Waals surface area contributed by atoms with Gasteiger partial charge in [0.25, 0.3) is 5.91 Å². The van der Waals surface area contributed by atoms with E-state index >= 15 is 0 Å². The zero-order valence-electron chi connectivity index (χ0n) is 13.1. The van der Waals surface area contributed by atoms with Gasteiger partial charge in [0, 0.05) is 51.4 Å². The second-order valence-electron chi connectivity index (χ2n) is 6.06. The molecule has 0 spiro atoms. The summed E-state index contributed by atoms with van der Waals surface area (Å²) in [5.41, 5.74) is 0.266. The molecule has 2 aliphatic rings. The van der Waals surface area contributed by atoms with Crippen LogP contribution < -0.4 is 5.32 Å². The third-order valence-corrected chi connectivity index (χ3v) is 4.60. The van der Waals surface area contributed by atoms with Crippen LogP contribution in [0.2, 0.25) is 0 Å². The summed E-state index contributed by atoms with van der Waals surface area (Å²) in [6.45, 7) is 6.69. The lowest BCUT2D eigenvalue weighted by Crippen LogP contribution is -2.49. The number of rotatable bonds is 2. The number of piperazine rings is 1. The summed E-state index contributed by atoms with van der Waals surface area (Å²) >= 11 is 0. The number of amides is 1. The van der Waals surface area contributed by atoms with Crippen molar-refractivity contribution >= 4 is 18.3 Å². The third-order valence-electron chi connectivity index (χ3n) is 4.60. The van der Waals surface area contributed by atoms with Gasteiger partial charge < -0.3 is 10.2 Å². The summed E-state index contributed by atoms with van der Waals surface area (Å²) in [4.78, 5) is 16.6. The van der Waals surface area contributed by atoms with E-state index in [1.165, 1.54) is 6.07 Å². The maximum absolute atomic E-state index is 13.9. The molecular weight excluding hydrogens is 324 g/mol. The van der Waals surface area contributed by atoms with Crippen molar-refractivity contribution in [1.29, 1.82) is 0 Å². The zero-order valence-corrected chi connectivity index (χ0v) is 14.0. The van der Waals surface area contributed by atoms with Gasteiger partial charge >= 0.3 is 0 Å². The van der Waals surface area contributed by atoms with Crippen molar-refractivity contribution in [3.63, 3.8) is 0 Å². The Labute approximate surface area is 141 Å². The molecule has 2 saturated heterocycles. The molecule has 2 heterocycles. The highest BCUT2D eigenvalue weighted by molar-refractivity contribution is 5.95. The molecule has 1 aromatic rings. The van der Waals surface area contributed by atoms with Gasteiger partial charge in [-0.05, 0) is 25.0 Å². The number of benzene rings is 1. The van der Waals surface area contributed by atoms with Crippen molar-refractivity contribution < 1.29 is 13.6 Å². The first-order chi connectivity index (χ1) is 10.6. The molecule has 1 unspecified atom stereocenters. The minimum atomic E-state index is -0.779. The zero-order chi connectivity index (χ0) is 15.7. The number of nitrogens with zero attached hydrogens (tertiary/aromatic N) is 2. The minimum Gasteiger partial charge on any atom is -0.337 e. The van der Waals surface area contributed by atoms with E-state index in [4.69, 9.17) is 0 Å². The van der Waals surface area contributed by atoms with Crippen molar-refractivity contribution in [2.75, 3.05) is 39.3 Å². The number of hydrogen-bond donors (Lipinski definition) is 1. The standard InChI is InChI=1S/C16H21F2N3O.ClH/c1-11-8-13(15(18)9-14(11)17)16(22)21-5-2-12(10-21)20-6-3-19-4-7-20;/h8-9,12,19H,2-7,10H2,1H3;1H. The van der Waals surface area contributed by atoms with E-state index in [1.807, 2.05) is 0 Å². The van der Waals surface area contributed by atoms with Gasteiger partial charge in [0.05, 0.1) is 5.56 Å². The van der Waals surface area contributed by atoms with E-state index in [1.54, 1.807) is 11.8 Å². The Morgan fingerprint density at radius 3 is 2.57 bits per heavy atom. The molecule has 1 N–H and O–H groups in total. The molecule has 3 rings (SSSR count). The molecule has 1 atom stereocenters. The Bertz CT molecular complexity index is 579. The van der Waals surface area contributed by atoms with Gasteiger partial charge in [-0.1, -0.05) is 0 Å². The number of carbonyl (C=O) groups excluding carboxylic acids is 1. The maximum atomic E-state index is 13.9. The molecule has 0 aromatic heterocycles. The van der Waals surface area contributed by atoms with Crippen LogP contribution in [0.4, 0.5) is 8.78 Å². The van der Waals surface area contributed by atoms with E-state index in [-0.39, 0.29) is 23.9 Å². The monoisotopic (exact) mass is 345 g/mol. The molecular formula is C16H22ClF2N3O. The summed E-state index contributed by atoms with van der Waals surface area (Å²) in [6, 6.07) is 2.45. The predicted octanol–water partition coefficient (Wildman–Crippen LogP) is 1.81. The predicted molar refractivity (Wildman–Crippen MR) is 87.1 cm³/mol. The average Bonchev–Trinajstić information content (AvgIpc) is 3.01. The van der Waals surface area contributed by atoms with Crippen molar-refractivity contribution in [3.8, 4) is 0 Å². The topological polar surface area (TPSA) is 35.6 Å². The molecule has 0 aliphatic carbocycles. The normalized spacial score (nSPS) is 22.0. The average molecular weight is 346 g/mol. The fourth-order valence-corrected chi connectivity index (χ4v) is 3.26. The van der Waals surface area contributed by atoms with E-state index in [2.05, 4.69) is 10.2 Å². The van der Waals surface area contributed by atoms with Crippen LogP contribution in [0.5, 0.6) is 0 Å².